The molecular formula is C18H24N4O2S. The molecule has 3 heterocycles. The van der Waals surface area contributed by atoms with Crippen molar-refractivity contribution in [3.63, 3.8) is 0 Å². The number of furan rings is 1. The highest BCUT2D eigenvalue weighted by Gasteiger charge is 2.26. The third-order valence-electron chi connectivity index (χ3n) is 4.23. The highest BCUT2D eigenvalue weighted by Crippen LogP contribution is 2.20. The molecule has 1 N–H and O–H groups in total. The van der Waals surface area contributed by atoms with Gasteiger partial charge >= 0.3 is 0 Å². The maximum Gasteiger partial charge on any atom is 0.225 e. The maximum absolute atomic E-state index is 12.4. The molecule has 0 bridgehead atoms. The van der Waals surface area contributed by atoms with Crippen LogP contribution in [0.2, 0.25) is 0 Å². The average molecular weight is 360 g/mol. The Balaban J connectivity index is 1.41. The van der Waals surface area contributed by atoms with Gasteiger partial charge in [-0.15, -0.1) is 0 Å². The number of carbonyl (C=O) groups excluding carboxylic acids is 1. The lowest BCUT2D eigenvalue weighted by Gasteiger charge is -2.32. The summed E-state index contributed by atoms with van der Waals surface area (Å²) < 4.78 is 5.29. The van der Waals surface area contributed by atoms with Gasteiger partial charge in [0, 0.05) is 37.3 Å². The van der Waals surface area contributed by atoms with Crippen molar-refractivity contribution in [1.29, 1.82) is 0 Å². The van der Waals surface area contributed by atoms with E-state index in [1.54, 1.807) is 24.2 Å². The summed E-state index contributed by atoms with van der Waals surface area (Å²) in [5.41, 5.74) is 0.949. The SMILES string of the molecule is Cc1ccnc(N2CCC[C@H](C(=O)NCCSCc3ccco3)C2)n1. The molecule has 0 radical (unpaired) electrons. The molecule has 0 aliphatic carbocycles. The first kappa shape index (κ1) is 17.8. The lowest BCUT2D eigenvalue weighted by molar-refractivity contribution is -0.125. The van der Waals surface area contributed by atoms with E-state index in [1.807, 2.05) is 25.1 Å². The van der Waals surface area contributed by atoms with E-state index < -0.39 is 0 Å². The Hall–Kier alpha value is -2.02. The molecule has 0 unspecified atom stereocenters. The van der Waals surface area contributed by atoms with Gasteiger partial charge in [-0.05, 0) is 38.0 Å². The molecule has 1 aliphatic heterocycles. The van der Waals surface area contributed by atoms with Crippen LogP contribution in [0.4, 0.5) is 5.95 Å². The molecule has 7 heteroatoms. The van der Waals surface area contributed by atoms with Crippen molar-refractivity contribution in [2.24, 2.45) is 5.92 Å². The normalized spacial score (nSPS) is 17.5. The number of hydrogen-bond donors (Lipinski definition) is 1. The van der Waals surface area contributed by atoms with E-state index >= 15 is 0 Å². The maximum atomic E-state index is 12.4. The lowest BCUT2D eigenvalue weighted by atomic mass is 9.97. The third kappa shape index (κ3) is 5.22. The molecule has 0 aromatic carbocycles. The summed E-state index contributed by atoms with van der Waals surface area (Å²) in [6, 6.07) is 5.75. The highest BCUT2D eigenvalue weighted by molar-refractivity contribution is 7.98. The van der Waals surface area contributed by atoms with Crippen LogP contribution in [0.15, 0.2) is 35.1 Å². The fourth-order valence-electron chi connectivity index (χ4n) is 2.92. The zero-order valence-corrected chi connectivity index (χ0v) is 15.3. The number of nitrogens with zero attached hydrogens (tertiary/aromatic N) is 3. The van der Waals surface area contributed by atoms with Crippen LogP contribution in [0.3, 0.4) is 0 Å². The second-order valence-corrected chi connectivity index (χ2v) is 7.31. The molecule has 2 aromatic heterocycles. The van der Waals surface area contributed by atoms with Crippen molar-refractivity contribution >= 4 is 23.6 Å². The Morgan fingerprint density at radius 3 is 3.20 bits per heavy atom. The first-order valence-corrected chi connectivity index (χ1v) is 9.80. The van der Waals surface area contributed by atoms with Gasteiger partial charge in [0.05, 0.1) is 17.9 Å². The van der Waals surface area contributed by atoms with E-state index in [9.17, 15) is 4.79 Å². The first-order valence-electron chi connectivity index (χ1n) is 8.65. The molecule has 25 heavy (non-hydrogen) atoms. The summed E-state index contributed by atoms with van der Waals surface area (Å²) in [7, 11) is 0. The largest absolute Gasteiger partial charge is 0.468 e. The number of rotatable bonds is 7. The van der Waals surface area contributed by atoms with Crippen LogP contribution < -0.4 is 10.2 Å². The van der Waals surface area contributed by atoms with Crippen LogP contribution in [0.25, 0.3) is 0 Å². The third-order valence-corrected chi connectivity index (χ3v) is 5.21. The molecule has 1 aliphatic rings. The molecule has 1 fully saturated rings. The first-order chi connectivity index (χ1) is 12.2. The van der Waals surface area contributed by atoms with Crippen LogP contribution in [0.5, 0.6) is 0 Å². The van der Waals surface area contributed by atoms with Crippen molar-refractivity contribution < 1.29 is 9.21 Å². The topological polar surface area (TPSA) is 71.3 Å². The minimum absolute atomic E-state index is 0.00735. The summed E-state index contributed by atoms with van der Waals surface area (Å²) in [6.07, 6.45) is 5.37. The smallest absolute Gasteiger partial charge is 0.225 e. The molecule has 6 nitrogen and oxygen atoms in total. The number of piperidine rings is 1. The zero-order valence-electron chi connectivity index (χ0n) is 14.5. The van der Waals surface area contributed by atoms with E-state index in [0.717, 1.165) is 48.3 Å². The number of amides is 1. The number of carbonyl (C=O) groups is 1. The van der Waals surface area contributed by atoms with Crippen molar-refractivity contribution in [2.75, 3.05) is 30.3 Å². The fraction of sp³-hybridized carbons (Fsp3) is 0.500. The van der Waals surface area contributed by atoms with Gasteiger partial charge in [-0.2, -0.15) is 11.8 Å². The van der Waals surface area contributed by atoms with Crippen LogP contribution in [0.1, 0.15) is 24.3 Å². The summed E-state index contributed by atoms with van der Waals surface area (Å²) in [5, 5.41) is 3.06. The molecule has 3 rings (SSSR count). The van der Waals surface area contributed by atoms with Crippen molar-refractivity contribution in [1.82, 2.24) is 15.3 Å². The van der Waals surface area contributed by atoms with E-state index in [4.69, 9.17) is 4.42 Å². The Labute approximate surface area is 152 Å². The Bertz CT molecular complexity index is 677. The number of hydrogen-bond acceptors (Lipinski definition) is 6. The number of aryl methyl sites for hydroxylation is 1. The van der Waals surface area contributed by atoms with E-state index in [0.29, 0.717) is 13.1 Å². The summed E-state index contributed by atoms with van der Waals surface area (Å²) in [5.74, 6) is 3.56. The lowest BCUT2D eigenvalue weighted by Crippen LogP contribution is -2.44. The van der Waals surface area contributed by atoms with Crippen LogP contribution in [0, 0.1) is 12.8 Å². The molecule has 1 atom stereocenters. The van der Waals surface area contributed by atoms with Crippen molar-refractivity contribution in [3.8, 4) is 0 Å². The van der Waals surface area contributed by atoms with Gasteiger partial charge < -0.3 is 14.6 Å². The Kier molecular flexibility index (Phi) is 6.33. The second-order valence-electron chi connectivity index (χ2n) is 6.21. The van der Waals surface area contributed by atoms with Crippen molar-refractivity contribution in [3.05, 3.63) is 42.1 Å². The Morgan fingerprint density at radius 1 is 1.48 bits per heavy atom. The average Bonchev–Trinajstić information content (AvgIpc) is 3.15. The zero-order chi connectivity index (χ0) is 17.5. The molecule has 0 spiro atoms. The fourth-order valence-corrected chi connectivity index (χ4v) is 3.68. The van der Waals surface area contributed by atoms with Crippen LogP contribution in [-0.2, 0) is 10.5 Å². The summed E-state index contributed by atoms with van der Waals surface area (Å²) in [4.78, 5) is 23.4. The second kappa shape index (κ2) is 8.89. The van der Waals surface area contributed by atoms with Crippen molar-refractivity contribution in [2.45, 2.75) is 25.5 Å². The molecular weight excluding hydrogens is 336 g/mol. The van der Waals surface area contributed by atoms with Gasteiger partial charge in [0.1, 0.15) is 5.76 Å². The molecule has 134 valence electrons. The van der Waals surface area contributed by atoms with Gasteiger partial charge in [-0.1, -0.05) is 0 Å². The van der Waals surface area contributed by atoms with Gasteiger partial charge in [-0.25, -0.2) is 9.97 Å². The predicted octanol–water partition coefficient (Wildman–Crippen LogP) is 2.64. The molecule has 2 aromatic rings. The summed E-state index contributed by atoms with van der Waals surface area (Å²) in [6.45, 7) is 4.24. The predicted molar refractivity (Wildman–Crippen MR) is 99.6 cm³/mol. The highest BCUT2D eigenvalue weighted by atomic mass is 32.2. The van der Waals surface area contributed by atoms with Gasteiger partial charge in [0.15, 0.2) is 0 Å². The minimum atomic E-state index is 0.00735. The monoisotopic (exact) mass is 360 g/mol. The van der Waals surface area contributed by atoms with Gasteiger partial charge in [-0.3, -0.25) is 4.79 Å². The summed E-state index contributed by atoms with van der Waals surface area (Å²) >= 11 is 1.76. The van der Waals surface area contributed by atoms with Crippen LogP contribution >= 0.6 is 11.8 Å². The van der Waals surface area contributed by atoms with Gasteiger partial charge in [0.2, 0.25) is 11.9 Å². The Morgan fingerprint density at radius 2 is 2.40 bits per heavy atom. The molecule has 0 saturated carbocycles. The number of nitrogens with one attached hydrogen (secondary N) is 1. The number of anilines is 1. The standard InChI is InChI=1S/C18H24N4O2S/c1-14-6-7-20-18(21-14)22-9-2-4-15(12-22)17(23)19-8-11-25-13-16-5-3-10-24-16/h3,5-7,10,15H,2,4,8-9,11-13H2,1H3,(H,19,23)/t15-/m0/s1. The quantitative estimate of drug-likeness (QED) is 0.766. The van der Waals surface area contributed by atoms with E-state index in [2.05, 4.69) is 20.2 Å². The number of aromatic nitrogens is 2. The molecule has 1 amide bonds. The van der Waals surface area contributed by atoms with Crippen LogP contribution in [-0.4, -0.2) is 41.3 Å². The van der Waals surface area contributed by atoms with Gasteiger partial charge in [0.25, 0.3) is 0 Å². The van der Waals surface area contributed by atoms with E-state index in [1.165, 1.54) is 0 Å². The minimum Gasteiger partial charge on any atom is -0.468 e. The van der Waals surface area contributed by atoms with E-state index in [-0.39, 0.29) is 11.8 Å². The molecule has 1 saturated heterocycles. The number of thioether (sulfide) groups is 1.